The molecule has 0 radical (unpaired) electrons. The van der Waals surface area contributed by atoms with Crippen molar-refractivity contribution in [1.29, 1.82) is 0 Å². The number of carboxylic acid groups (broad SMARTS) is 1. The van der Waals surface area contributed by atoms with E-state index < -0.39 is 20.0 Å². The predicted octanol–water partition coefficient (Wildman–Crippen LogP) is 2.92. The van der Waals surface area contributed by atoms with Gasteiger partial charge in [0.15, 0.2) is 0 Å². The van der Waals surface area contributed by atoms with Gasteiger partial charge in [0.05, 0.1) is 0 Å². The molecule has 104 valence electrons. The highest BCUT2D eigenvalue weighted by Crippen LogP contribution is 2.19. The van der Waals surface area contributed by atoms with Crippen LogP contribution in [0.3, 0.4) is 0 Å². The number of carboxylic acids is 1. The Bertz CT molecular complexity index is 315. The van der Waals surface area contributed by atoms with Crippen LogP contribution in [-0.4, -0.2) is 31.2 Å². The van der Waals surface area contributed by atoms with Crippen molar-refractivity contribution >= 4 is 20.0 Å². The summed E-state index contributed by atoms with van der Waals surface area (Å²) in [6, 6.07) is 1.09. The van der Waals surface area contributed by atoms with Crippen molar-refractivity contribution in [2.24, 2.45) is 5.92 Å². The van der Waals surface area contributed by atoms with Gasteiger partial charge in [0, 0.05) is 20.2 Å². The largest absolute Gasteiger partial charge is 0.478 e. The molecule has 1 atom stereocenters. The zero-order valence-electron chi connectivity index (χ0n) is 11.9. The molecule has 0 aliphatic rings. The van der Waals surface area contributed by atoms with Gasteiger partial charge in [-0.2, -0.15) is 0 Å². The summed E-state index contributed by atoms with van der Waals surface area (Å²) in [5, 5.41) is 8.43. The Hall–Kier alpha value is -1.10. The summed E-state index contributed by atoms with van der Waals surface area (Å²) >= 11 is 0. The molecule has 0 fully saturated rings. The van der Waals surface area contributed by atoms with Crippen LogP contribution in [0, 0.1) is 5.92 Å². The van der Waals surface area contributed by atoms with Crippen molar-refractivity contribution in [1.82, 2.24) is 0 Å². The number of rotatable bonds is 7. The second kappa shape index (κ2) is 7.36. The summed E-state index contributed by atoms with van der Waals surface area (Å²) in [7, 11) is -1.16. The summed E-state index contributed by atoms with van der Waals surface area (Å²) in [4.78, 5) is 21.7. The van der Waals surface area contributed by atoms with Gasteiger partial charge < -0.3 is 9.84 Å². The molecule has 0 aromatic heterocycles. The monoisotopic (exact) mass is 272 g/mol. The fraction of sp³-hybridized carbons (Fsp3) is 0.692. The second-order valence-corrected chi connectivity index (χ2v) is 11.6. The van der Waals surface area contributed by atoms with Crippen LogP contribution < -0.4 is 0 Å². The minimum atomic E-state index is -1.16. The van der Waals surface area contributed by atoms with Crippen molar-refractivity contribution in [3.63, 3.8) is 0 Å². The number of hydrogen-bond acceptors (Lipinski definition) is 3. The number of carbonyl (C=O) groups is 2. The minimum absolute atomic E-state index is 0.136. The molecule has 0 aromatic rings. The number of esters is 1. The number of hydrogen-bond donors (Lipinski definition) is 1. The van der Waals surface area contributed by atoms with Crippen LogP contribution in [-0.2, 0) is 14.3 Å². The maximum absolute atomic E-state index is 11.4. The lowest BCUT2D eigenvalue weighted by Gasteiger charge is -2.24. The van der Waals surface area contributed by atoms with Gasteiger partial charge in [-0.3, -0.25) is 0 Å². The summed E-state index contributed by atoms with van der Waals surface area (Å²) in [5.41, 5.74) is 0. The van der Waals surface area contributed by atoms with Gasteiger partial charge in [-0.15, -0.1) is 0 Å². The Balaban J connectivity index is 4.36. The Kier molecular flexibility index (Phi) is 6.91. The molecule has 0 aliphatic heterocycles. The van der Waals surface area contributed by atoms with E-state index >= 15 is 0 Å². The molecule has 0 aromatic carbocycles. The number of ether oxygens (including phenoxy) is 1. The molecule has 0 amide bonds. The van der Waals surface area contributed by atoms with Crippen molar-refractivity contribution < 1.29 is 19.4 Å². The third-order valence-electron chi connectivity index (χ3n) is 2.55. The maximum atomic E-state index is 11.4. The van der Waals surface area contributed by atoms with Gasteiger partial charge in [0.25, 0.3) is 0 Å². The van der Waals surface area contributed by atoms with E-state index in [2.05, 4.69) is 19.6 Å². The van der Waals surface area contributed by atoms with Crippen molar-refractivity contribution in [3.05, 3.63) is 12.2 Å². The molecule has 0 heterocycles. The van der Waals surface area contributed by atoms with E-state index in [4.69, 9.17) is 9.84 Å². The Morgan fingerprint density at radius 1 is 1.22 bits per heavy atom. The van der Waals surface area contributed by atoms with Crippen molar-refractivity contribution in [2.45, 2.75) is 52.1 Å². The van der Waals surface area contributed by atoms with Gasteiger partial charge in [0.2, 0.25) is 0 Å². The van der Waals surface area contributed by atoms with E-state index in [9.17, 15) is 9.59 Å². The van der Waals surface area contributed by atoms with E-state index in [1.165, 1.54) is 0 Å². The first-order valence-electron chi connectivity index (χ1n) is 6.23. The van der Waals surface area contributed by atoms with Gasteiger partial charge in [0.1, 0.15) is 6.10 Å². The zero-order valence-corrected chi connectivity index (χ0v) is 12.9. The molecule has 0 saturated carbocycles. The number of carbonyl (C=O) groups excluding carboxylic acids is 1. The first-order valence-corrected chi connectivity index (χ1v) is 9.94. The number of aliphatic carboxylic acids is 1. The Morgan fingerprint density at radius 3 is 2.17 bits per heavy atom. The van der Waals surface area contributed by atoms with Crippen LogP contribution in [0.5, 0.6) is 0 Å². The fourth-order valence-corrected chi connectivity index (χ4v) is 2.58. The molecular formula is C13H24O4Si. The quantitative estimate of drug-likeness (QED) is 0.440. The predicted molar refractivity (Wildman–Crippen MR) is 74.3 cm³/mol. The van der Waals surface area contributed by atoms with Crippen molar-refractivity contribution in [3.8, 4) is 0 Å². The van der Waals surface area contributed by atoms with Gasteiger partial charge in [-0.1, -0.05) is 39.5 Å². The van der Waals surface area contributed by atoms with Crippen LogP contribution in [0.2, 0.25) is 25.7 Å². The van der Waals surface area contributed by atoms with E-state index in [0.29, 0.717) is 0 Å². The first-order chi connectivity index (χ1) is 8.11. The zero-order chi connectivity index (χ0) is 14.3. The standard InChI is InChI=1S/C13H24O4Si/c1-10(2)11(8-9-18(3,4)5)17-13(16)7-6-12(14)15/h6-7,10-11H,8-9H2,1-5H3,(H,14,15)/b7-6+. The smallest absolute Gasteiger partial charge is 0.331 e. The average molecular weight is 272 g/mol. The Morgan fingerprint density at radius 2 is 1.78 bits per heavy atom. The highest BCUT2D eigenvalue weighted by Gasteiger charge is 2.21. The van der Waals surface area contributed by atoms with E-state index in [-0.39, 0.29) is 12.0 Å². The lowest BCUT2D eigenvalue weighted by Crippen LogP contribution is -2.27. The van der Waals surface area contributed by atoms with Crippen LogP contribution in [0.25, 0.3) is 0 Å². The van der Waals surface area contributed by atoms with Crippen LogP contribution in [0.4, 0.5) is 0 Å². The molecule has 1 N–H and O–H groups in total. The summed E-state index contributed by atoms with van der Waals surface area (Å²) in [6.07, 6.45) is 2.48. The molecule has 0 bridgehead atoms. The summed E-state index contributed by atoms with van der Waals surface area (Å²) in [5.74, 6) is -1.48. The topological polar surface area (TPSA) is 63.6 Å². The molecule has 0 spiro atoms. The summed E-state index contributed by atoms with van der Waals surface area (Å²) < 4.78 is 5.29. The first kappa shape index (κ1) is 16.9. The van der Waals surface area contributed by atoms with E-state index in [0.717, 1.165) is 24.6 Å². The molecular weight excluding hydrogens is 248 g/mol. The normalized spacial score (nSPS) is 13.9. The third-order valence-corrected chi connectivity index (χ3v) is 4.34. The van der Waals surface area contributed by atoms with Crippen LogP contribution >= 0.6 is 0 Å². The fourth-order valence-electron chi connectivity index (χ4n) is 1.43. The molecule has 0 aliphatic carbocycles. The summed E-state index contributed by atoms with van der Waals surface area (Å²) in [6.45, 7) is 10.8. The SMILES string of the molecule is CC(C)C(CC[Si](C)(C)C)OC(=O)/C=C/C(=O)O. The van der Waals surface area contributed by atoms with Gasteiger partial charge >= 0.3 is 11.9 Å². The molecule has 1 unspecified atom stereocenters. The van der Waals surface area contributed by atoms with Crippen molar-refractivity contribution in [2.75, 3.05) is 0 Å². The van der Waals surface area contributed by atoms with E-state index in [1.807, 2.05) is 13.8 Å². The second-order valence-electron chi connectivity index (χ2n) is 5.99. The van der Waals surface area contributed by atoms with Gasteiger partial charge in [-0.05, 0) is 12.3 Å². The van der Waals surface area contributed by atoms with E-state index in [1.54, 1.807) is 0 Å². The molecule has 18 heavy (non-hydrogen) atoms. The highest BCUT2D eigenvalue weighted by atomic mass is 28.3. The lowest BCUT2D eigenvalue weighted by atomic mass is 10.1. The molecule has 0 saturated heterocycles. The minimum Gasteiger partial charge on any atom is -0.478 e. The lowest BCUT2D eigenvalue weighted by molar-refractivity contribution is -0.145. The van der Waals surface area contributed by atoms with Crippen LogP contribution in [0.1, 0.15) is 20.3 Å². The third kappa shape index (κ3) is 8.98. The average Bonchev–Trinajstić information content (AvgIpc) is 2.19. The van der Waals surface area contributed by atoms with Gasteiger partial charge in [-0.25, -0.2) is 9.59 Å². The molecule has 4 nitrogen and oxygen atoms in total. The Labute approximate surface area is 110 Å². The van der Waals surface area contributed by atoms with Crippen LogP contribution in [0.15, 0.2) is 12.2 Å². The molecule has 0 rings (SSSR count). The highest BCUT2D eigenvalue weighted by molar-refractivity contribution is 6.76. The maximum Gasteiger partial charge on any atom is 0.331 e. The molecule has 5 heteroatoms.